The molecule has 872 valence electrons. The Bertz CT molecular complexity index is 3900. The first kappa shape index (κ1) is 146. The van der Waals surface area contributed by atoms with Crippen LogP contribution in [-0.4, -0.2) is 118 Å². The van der Waals surface area contributed by atoms with Gasteiger partial charge in [0.1, 0.15) is 47.4 Å². The van der Waals surface area contributed by atoms with Gasteiger partial charge in [0.05, 0.1) is 37.3 Å². The lowest BCUT2D eigenvalue weighted by molar-refractivity contribution is -0.158. The van der Waals surface area contributed by atoms with E-state index in [0.29, 0.717) is 86.6 Å². The molecule has 16 nitrogen and oxygen atoms in total. The van der Waals surface area contributed by atoms with Crippen molar-refractivity contribution in [3.8, 4) is 23.0 Å². The van der Waals surface area contributed by atoms with Gasteiger partial charge in [-0.3, -0.25) is 19.2 Å². The molecular formula is C134H240O16. The molecule has 0 radical (unpaired) electrons. The maximum atomic E-state index is 12.5. The number of phenolic OH excluding ortho intramolecular Hbond substituents is 3. The number of esters is 4. The van der Waals surface area contributed by atoms with E-state index in [-0.39, 0.29) is 107 Å². The number of hydrogen-bond acceptors (Lipinski definition) is 16. The molecule has 0 unspecified atom stereocenters. The molecule has 16 heteroatoms. The SMILES string of the molecule is C.C.C.C.CC.CC.CC(=O)OC1CCC(C(C)(C)C2CCC(OC(C)=O)CC2)CC1.CC(C)(C1CCC(O)CC1)C1CCC(O)CC1.CC(C)(C1CCC(OC(=O)C2CCCCC2)CC1)C1CCC(OC(=O)C2CCCCC2)CC1.CCC.CCC.CCc1cc(C(C)(C)CC(C)(C)C)cc(C)c1O.CCc1cc(C)cc(C)c1O.COC1CCC(C(C)(C)C2CCC(CO)CC2)CC1.COc1ccccc1.Oc1ccccc1. The molecule has 0 amide bonds. The number of para-hydroxylation sites is 2. The van der Waals surface area contributed by atoms with E-state index in [2.05, 4.69) is 137 Å². The highest BCUT2D eigenvalue weighted by Gasteiger charge is 2.47. The minimum absolute atomic E-state index is 0. The summed E-state index contributed by atoms with van der Waals surface area (Å²) >= 11 is 0. The number of carbonyl (C=O) groups is 4. The highest BCUT2D eigenvalue weighted by Crippen LogP contribution is 2.54. The molecule has 0 heterocycles. The zero-order valence-corrected chi connectivity index (χ0v) is 99.2. The zero-order valence-electron chi connectivity index (χ0n) is 99.2. The fourth-order valence-electron chi connectivity index (χ4n) is 25.7. The second kappa shape index (κ2) is 76.4. The number of hydrogen-bond donors (Lipinski definition) is 6. The maximum Gasteiger partial charge on any atom is 0.309 e. The summed E-state index contributed by atoms with van der Waals surface area (Å²) in [6.45, 7) is 61.0. The van der Waals surface area contributed by atoms with Crippen molar-refractivity contribution in [3.05, 3.63) is 118 Å². The van der Waals surface area contributed by atoms with Crippen LogP contribution in [0.1, 0.15) is 525 Å². The van der Waals surface area contributed by atoms with Gasteiger partial charge in [-0.25, -0.2) is 0 Å². The lowest BCUT2D eigenvalue weighted by atomic mass is 9.60. The van der Waals surface area contributed by atoms with E-state index >= 15 is 0 Å². The first-order chi connectivity index (χ1) is 69.2. The van der Waals surface area contributed by atoms with Crippen molar-refractivity contribution >= 4 is 23.9 Å². The van der Waals surface area contributed by atoms with Gasteiger partial charge >= 0.3 is 23.9 Å². The molecule has 4 aromatic rings. The molecule has 4 aromatic carbocycles. The van der Waals surface area contributed by atoms with Gasteiger partial charge in [-0.15, -0.1) is 0 Å². The van der Waals surface area contributed by atoms with Crippen LogP contribution in [0.3, 0.4) is 0 Å². The molecule has 0 bridgehead atoms. The number of ether oxygens (including phenoxy) is 6. The third kappa shape index (κ3) is 52.3. The molecule has 0 spiro atoms. The number of methoxy groups -OCH3 is 2. The van der Waals surface area contributed by atoms with Crippen LogP contribution >= 0.6 is 0 Å². The number of aliphatic hydroxyl groups is 3. The van der Waals surface area contributed by atoms with Crippen LogP contribution < -0.4 is 4.74 Å². The summed E-state index contributed by atoms with van der Waals surface area (Å²) in [5, 5.41) is 56.7. The normalized spacial score (nSPS) is 24.9. The topological polar surface area (TPSA) is 245 Å². The van der Waals surface area contributed by atoms with Crippen LogP contribution in [0.5, 0.6) is 23.0 Å². The molecule has 0 atom stereocenters. The summed E-state index contributed by atoms with van der Waals surface area (Å²) in [5.74, 6) is 8.98. The van der Waals surface area contributed by atoms with Crippen molar-refractivity contribution in [1.29, 1.82) is 0 Å². The molecule has 6 N–H and O–H groups in total. The van der Waals surface area contributed by atoms with E-state index in [1.54, 1.807) is 31.4 Å². The predicted octanol–water partition coefficient (Wildman–Crippen LogP) is 36.8. The lowest BCUT2D eigenvalue weighted by Crippen LogP contribution is -2.40. The van der Waals surface area contributed by atoms with Crippen LogP contribution in [0.4, 0.5) is 0 Å². The standard InChI is InChI=1S/C29H48O4.C19H32O4.C17H32O2.C17H28O.C15H28O2.C10H14O.C7H8O.C6H6O.2C3H8.2C2H6.4CH4/c1-29(2,23-13-17-25(18-14-23)32-27(30)21-9-5-3-6-10-21)24-15-19-26(20-16-24)33-28(31)22-11-7-4-8-12-22;1-13(20)22-17-9-5-15(6-10-17)19(3,4)16-7-11-18(12-8-16)23-14(2)21;1-17(2,14-6-4-13(12-18)5-7-14)15-8-10-16(19-3)11-9-15;1-8-13-10-14(9-12(2)15(13)18)17(6,7)11-16(3,4)5;1-15(2,11-3-7-13(16)8-4-11)12-5-9-14(17)10-6-12;1-4-9-6-7(2)5-8(3)10(9)11;1-8-7-5-3-2-4-6-7;7-6-4-2-1-3-5-6;2*1-3-2;2*1-2;;;;/h21-26H,3-20H2,1-2H3;15-18H,5-12H2,1-4H3;13-16,18H,4-12H2,1-3H3;9-10,18H,8,11H2,1-7H3;11-14,16-17H,3-10H2,1-2H3;5-6,11H,4H2,1-3H3;2-6H,1H3;1-5,7H;2*3H2,1-2H3;2*1-2H3;4*1H4. The average molecular weight is 2110 g/mol. The summed E-state index contributed by atoms with van der Waals surface area (Å²) in [6.07, 6.45) is 54.1. The monoisotopic (exact) mass is 2110 g/mol. The van der Waals surface area contributed by atoms with Crippen molar-refractivity contribution in [2.24, 2.45) is 92.2 Å². The Balaban J connectivity index is 0. The quantitative estimate of drug-likeness (QED) is 0.0335. The molecule has 14 rings (SSSR count). The Morgan fingerprint density at radius 1 is 0.340 bits per heavy atom. The number of phenols is 3. The highest BCUT2D eigenvalue weighted by atomic mass is 16.6. The molecule has 10 saturated carbocycles. The van der Waals surface area contributed by atoms with Crippen molar-refractivity contribution < 1.29 is 78.2 Å². The van der Waals surface area contributed by atoms with Crippen molar-refractivity contribution in [1.82, 2.24) is 0 Å². The number of rotatable bonds is 21. The van der Waals surface area contributed by atoms with E-state index in [4.69, 9.17) is 33.5 Å². The van der Waals surface area contributed by atoms with Crippen LogP contribution in [0, 0.1) is 113 Å². The molecule has 0 aliphatic heterocycles. The third-order valence-electron chi connectivity index (χ3n) is 34.9. The first-order valence-electron chi connectivity index (χ1n) is 59.4. The summed E-state index contributed by atoms with van der Waals surface area (Å²) in [5.41, 5.74) is 8.55. The third-order valence-corrected chi connectivity index (χ3v) is 34.9. The summed E-state index contributed by atoms with van der Waals surface area (Å²) in [7, 11) is 3.52. The molecule has 10 aliphatic rings. The van der Waals surface area contributed by atoms with Gasteiger partial charge in [0.25, 0.3) is 0 Å². The molecular weight excluding hydrogens is 1870 g/mol. The minimum Gasteiger partial charge on any atom is -0.508 e. The van der Waals surface area contributed by atoms with Crippen LogP contribution in [0.15, 0.2) is 84.9 Å². The van der Waals surface area contributed by atoms with E-state index in [0.717, 1.165) is 199 Å². The Morgan fingerprint density at radius 2 is 0.607 bits per heavy atom. The van der Waals surface area contributed by atoms with E-state index in [9.17, 15) is 44.7 Å². The number of benzene rings is 4. The van der Waals surface area contributed by atoms with Crippen molar-refractivity contribution in [2.75, 3.05) is 20.8 Å². The van der Waals surface area contributed by atoms with Crippen LogP contribution in [0.25, 0.3) is 0 Å². The number of carbonyl (C=O) groups excluding carboxylic acids is 4. The molecule has 0 saturated heterocycles. The van der Waals surface area contributed by atoms with E-state index in [1.165, 1.54) is 179 Å². The predicted molar refractivity (Wildman–Crippen MR) is 637 cm³/mol. The van der Waals surface area contributed by atoms with Gasteiger partial charge in [-0.2, -0.15) is 0 Å². The van der Waals surface area contributed by atoms with E-state index < -0.39 is 0 Å². The lowest BCUT2D eigenvalue weighted by Gasteiger charge is -2.46. The second-order valence-electron chi connectivity index (χ2n) is 49.0. The van der Waals surface area contributed by atoms with Gasteiger partial charge in [0.15, 0.2) is 0 Å². The first-order valence-corrected chi connectivity index (χ1v) is 59.4. The minimum atomic E-state index is -0.156. The highest BCUT2D eigenvalue weighted by molar-refractivity contribution is 5.73. The summed E-state index contributed by atoms with van der Waals surface area (Å²) in [6, 6.07) is 26.7. The Labute approximate surface area is 924 Å². The number of aromatic hydroxyl groups is 3. The number of aliphatic hydroxyl groups excluding tert-OH is 3. The number of aryl methyl sites for hydroxylation is 5. The fourth-order valence-corrected chi connectivity index (χ4v) is 25.7. The Hall–Kier alpha value is -6.20. The average Bonchev–Trinajstić information content (AvgIpc) is 0.743. The second-order valence-corrected chi connectivity index (χ2v) is 49.0. The Kier molecular flexibility index (Phi) is 74.3. The summed E-state index contributed by atoms with van der Waals surface area (Å²) < 4.78 is 33.0. The van der Waals surface area contributed by atoms with Gasteiger partial charge in [0.2, 0.25) is 0 Å². The molecule has 0 aromatic heterocycles. The fraction of sp³-hybridized carbons (Fsp3) is 0.791. The molecule has 10 fully saturated rings. The largest absolute Gasteiger partial charge is 0.508 e. The zero-order chi connectivity index (χ0) is 110. The van der Waals surface area contributed by atoms with Crippen LogP contribution in [0.2, 0.25) is 0 Å². The van der Waals surface area contributed by atoms with E-state index in [1.807, 2.05) is 111 Å². The van der Waals surface area contributed by atoms with Gasteiger partial charge < -0.3 is 59.1 Å². The maximum absolute atomic E-state index is 12.5. The molecule has 150 heavy (non-hydrogen) atoms. The van der Waals surface area contributed by atoms with Gasteiger partial charge in [-0.1, -0.05) is 307 Å². The van der Waals surface area contributed by atoms with Crippen LogP contribution in [-0.2, 0) is 61.1 Å². The van der Waals surface area contributed by atoms with Gasteiger partial charge in [-0.05, 0) is 409 Å². The van der Waals surface area contributed by atoms with Crippen molar-refractivity contribution in [2.45, 2.75) is 573 Å². The summed E-state index contributed by atoms with van der Waals surface area (Å²) in [4.78, 5) is 47.3. The smallest absolute Gasteiger partial charge is 0.309 e. The Morgan fingerprint density at radius 3 is 0.860 bits per heavy atom. The van der Waals surface area contributed by atoms with Gasteiger partial charge in [0, 0.05) is 27.6 Å². The van der Waals surface area contributed by atoms with Crippen molar-refractivity contribution in [3.63, 3.8) is 0 Å². The molecule has 10 aliphatic carbocycles.